The van der Waals surface area contributed by atoms with E-state index >= 15 is 0 Å². The summed E-state index contributed by atoms with van der Waals surface area (Å²) >= 11 is 9.28. The first-order valence-corrected chi connectivity index (χ1v) is 7.68. The molecule has 1 atom stereocenters. The van der Waals surface area contributed by atoms with Crippen LogP contribution in [0, 0.1) is 0 Å². The maximum atomic E-state index is 5.87. The van der Waals surface area contributed by atoms with Crippen molar-refractivity contribution >= 4 is 27.5 Å². The molecule has 0 saturated carbocycles. The largest absolute Gasteiger partial charge is 0.298 e. The molecule has 1 aromatic rings. The van der Waals surface area contributed by atoms with Gasteiger partial charge in [-0.2, -0.15) is 5.10 Å². The zero-order valence-corrected chi connectivity index (χ0v) is 13.2. The van der Waals surface area contributed by atoms with E-state index < -0.39 is 0 Å². The number of hydrogen-bond donors (Lipinski definition) is 0. The Labute approximate surface area is 122 Å². The summed E-state index contributed by atoms with van der Waals surface area (Å²) in [6, 6.07) is 3.17. The standard InChI is InChI=1S/C13H19BrClN3/c1-9(2)18-6-4-3-5-11(18)7-10-8-12(14)13(15)17-16-10/h8-9,11H,3-7H2,1-2H3. The smallest absolute Gasteiger partial charge is 0.165 e. The van der Waals surface area contributed by atoms with Crippen LogP contribution in [0.3, 0.4) is 0 Å². The molecule has 0 aliphatic carbocycles. The van der Waals surface area contributed by atoms with Gasteiger partial charge in [0.2, 0.25) is 0 Å². The maximum absolute atomic E-state index is 5.87. The molecular formula is C13H19BrClN3. The molecule has 1 fully saturated rings. The molecule has 0 N–H and O–H groups in total. The lowest BCUT2D eigenvalue weighted by Gasteiger charge is -2.38. The van der Waals surface area contributed by atoms with Crippen LogP contribution in [0.25, 0.3) is 0 Å². The third-order valence-electron chi connectivity index (χ3n) is 3.54. The quantitative estimate of drug-likeness (QED) is 0.845. The van der Waals surface area contributed by atoms with Gasteiger partial charge in [-0.15, -0.1) is 5.10 Å². The normalized spacial score (nSPS) is 21.5. The second kappa shape index (κ2) is 6.31. The summed E-state index contributed by atoms with van der Waals surface area (Å²) in [5.41, 5.74) is 1.02. The third-order valence-corrected chi connectivity index (χ3v) is 4.65. The van der Waals surface area contributed by atoms with E-state index in [4.69, 9.17) is 11.6 Å². The van der Waals surface area contributed by atoms with Gasteiger partial charge in [0.25, 0.3) is 0 Å². The first-order valence-electron chi connectivity index (χ1n) is 6.51. The van der Waals surface area contributed by atoms with Crippen molar-refractivity contribution < 1.29 is 0 Å². The zero-order chi connectivity index (χ0) is 13.1. The molecule has 100 valence electrons. The molecule has 2 heterocycles. The monoisotopic (exact) mass is 331 g/mol. The van der Waals surface area contributed by atoms with E-state index in [1.54, 1.807) is 0 Å². The highest BCUT2D eigenvalue weighted by atomic mass is 79.9. The summed E-state index contributed by atoms with van der Waals surface area (Å²) in [7, 11) is 0. The predicted octanol–water partition coefficient (Wildman–Crippen LogP) is 3.70. The number of nitrogens with zero attached hydrogens (tertiary/aromatic N) is 3. The molecule has 1 aliphatic rings. The minimum Gasteiger partial charge on any atom is -0.298 e. The molecule has 1 saturated heterocycles. The summed E-state index contributed by atoms with van der Waals surface area (Å²) < 4.78 is 0.834. The molecular weight excluding hydrogens is 314 g/mol. The summed E-state index contributed by atoms with van der Waals surface area (Å²) in [5.74, 6) is 0. The minimum absolute atomic E-state index is 0.433. The summed E-state index contributed by atoms with van der Waals surface area (Å²) in [6.45, 7) is 5.73. The fraction of sp³-hybridized carbons (Fsp3) is 0.692. The Morgan fingerprint density at radius 1 is 1.44 bits per heavy atom. The van der Waals surface area contributed by atoms with Gasteiger partial charge in [-0.3, -0.25) is 4.90 Å². The highest BCUT2D eigenvalue weighted by Gasteiger charge is 2.25. The fourth-order valence-corrected chi connectivity index (χ4v) is 3.09. The maximum Gasteiger partial charge on any atom is 0.165 e. The van der Waals surface area contributed by atoms with Crippen LogP contribution < -0.4 is 0 Å². The van der Waals surface area contributed by atoms with Crippen molar-refractivity contribution in [2.75, 3.05) is 6.54 Å². The van der Waals surface area contributed by atoms with E-state index in [2.05, 4.69) is 44.9 Å². The molecule has 1 aromatic heterocycles. The van der Waals surface area contributed by atoms with Crippen molar-refractivity contribution in [2.24, 2.45) is 0 Å². The molecule has 18 heavy (non-hydrogen) atoms. The molecule has 0 aromatic carbocycles. The topological polar surface area (TPSA) is 29.0 Å². The van der Waals surface area contributed by atoms with Crippen molar-refractivity contribution in [1.82, 2.24) is 15.1 Å². The van der Waals surface area contributed by atoms with E-state index in [-0.39, 0.29) is 0 Å². The number of aromatic nitrogens is 2. The Hall–Kier alpha value is -0.190. The molecule has 2 rings (SSSR count). The first-order chi connectivity index (χ1) is 8.58. The molecule has 0 amide bonds. The van der Waals surface area contributed by atoms with Crippen LogP contribution in [0.5, 0.6) is 0 Å². The van der Waals surface area contributed by atoms with E-state index in [0.29, 0.717) is 17.2 Å². The minimum atomic E-state index is 0.433. The van der Waals surface area contributed by atoms with Crippen molar-refractivity contribution in [3.63, 3.8) is 0 Å². The van der Waals surface area contributed by atoms with Gasteiger partial charge in [0.15, 0.2) is 5.15 Å². The van der Waals surface area contributed by atoms with Crippen LogP contribution in [0.15, 0.2) is 10.5 Å². The van der Waals surface area contributed by atoms with Gasteiger partial charge in [0.05, 0.1) is 10.2 Å². The SMILES string of the molecule is CC(C)N1CCCCC1Cc1cc(Br)c(Cl)nn1. The zero-order valence-electron chi connectivity index (χ0n) is 10.9. The Kier molecular flexibility index (Phi) is 4.98. The summed E-state index contributed by atoms with van der Waals surface area (Å²) in [6.07, 6.45) is 4.84. The van der Waals surface area contributed by atoms with Crippen molar-refractivity contribution in [2.45, 2.75) is 51.6 Å². The van der Waals surface area contributed by atoms with E-state index in [1.807, 2.05) is 6.07 Å². The van der Waals surface area contributed by atoms with E-state index in [1.165, 1.54) is 25.8 Å². The number of hydrogen-bond acceptors (Lipinski definition) is 3. The van der Waals surface area contributed by atoms with Gasteiger partial charge in [0.1, 0.15) is 0 Å². The van der Waals surface area contributed by atoms with Crippen LogP contribution in [-0.2, 0) is 6.42 Å². The highest BCUT2D eigenvalue weighted by Crippen LogP contribution is 2.24. The Bertz CT molecular complexity index is 411. The lowest BCUT2D eigenvalue weighted by Crippen LogP contribution is -2.45. The van der Waals surface area contributed by atoms with Gasteiger partial charge in [-0.05, 0) is 55.2 Å². The van der Waals surface area contributed by atoms with Gasteiger partial charge in [0, 0.05) is 18.5 Å². The van der Waals surface area contributed by atoms with E-state index in [9.17, 15) is 0 Å². The molecule has 0 bridgehead atoms. The molecule has 5 heteroatoms. The van der Waals surface area contributed by atoms with Crippen LogP contribution in [0.2, 0.25) is 5.15 Å². The fourth-order valence-electron chi connectivity index (χ4n) is 2.65. The van der Waals surface area contributed by atoms with Crippen LogP contribution in [0.1, 0.15) is 38.8 Å². The molecule has 1 unspecified atom stereocenters. The first kappa shape index (κ1) is 14.2. The third kappa shape index (κ3) is 3.43. The van der Waals surface area contributed by atoms with Crippen molar-refractivity contribution in [3.8, 4) is 0 Å². The summed E-state index contributed by atoms with van der Waals surface area (Å²) in [5, 5.41) is 8.59. The lowest BCUT2D eigenvalue weighted by atomic mass is 9.96. The Morgan fingerprint density at radius 2 is 2.22 bits per heavy atom. The average molecular weight is 333 g/mol. The number of likely N-dealkylation sites (tertiary alicyclic amines) is 1. The highest BCUT2D eigenvalue weighted by molar-refractivity contribution is 9.10. The lowest BCUT2D eigenvalue weighted by molar-refractivity contribution is 0.111. The van der Waals surface area contributed by atoms with Crippen molar-refractivity contribution in [1.29, 1.82) is 0 Å². The number of rotatable bonds is 3. The van der Waals surface area contributed by atoms with Crippen LogP contribution in [0.4, 0.5) is 0 Å². The molecule has 3 nitrogen and oxygen atoms in total. The van der Waals surface area contributed by atoms with Gasteiger partial charge in [-0.25, -0.2) is 0 Å². The van der Waals surface area contributed by atoms with Gasteiger partial charge < -0.3 is 0 Å². The van der Waals surface area contributed by atoms with Crippen LogP contribution in [-0.4, -0.2) is 33.7 Å². The second-order valence-electron chi connectivity index (χ2n) is 5.16. The molecule has 0 radical (unpaired) electrons. The molecule has 1 aliphatic heterocycles. The predicted molar refractivity (Wildman–Crippen MR) is 77.9 cm³/mol. The average Bonchev–Trinajstić information content (AvgIpc) is 2.34. The van der Waals surface area contributed by atoms with Crippen LogP contribution >= 0.6 is 27.5 Å². The molecule has 0 spiro atoms. The van der Waals surface area contributed by atoms with E-state index in [0.717, 1.165) is 16.6 Å². The van der Waals surface area contributed by atoms with Gasteiger partial charge >= 0.3 is 0 Å². The Balaban J connectivity index is 2.08. The Morgan fingerprint density at radius 3 is 2.89 bits per heavy atom. The summed E-state index contributed by atoms with van der Waals surface area (Å²) in [4.78, 5) is 2.58. The second-order valence-corrected chi connectivity index (χ2v) is 6.37. The van der Waals surface area contributed by atoms with Gasteiger partial charge in [-0.1, -0.05) is 18.0 Å². The number of halogens is 2. The number of piperidine rings is 1. The van der Waals surface area contributed by atoms with Crippen molar-refractivity contribution in [3.05, 3.63) is 21.4 Å².